The van der Waals surface area contributed by atoms with Gasteiger partial charge >= 0.3 is 0 Å². The van der Waals surface area contributed by atoms with Crippen LogP contribution in [-0.2, 0) is 10.9 Å². The van der Waals surface area contributed by atoms with E-state index in [0.717, 1.165) is 0 Å². The minimum atomic E-state index is 0.488. The smallest absolute Gasteiger partial charge is 0.0802 e. The van der Waals surface area contributed by atoms with Crippen molar-refractivity contribution in [2.24, 2.45) is 0 Å². The summed E-state index contributed by atoms with van der Waals surface area (Å²) in [5.41, 5.74) is 0. The molecule has 1 aliphatic heterocycles. The van der Waals surface area contributed by atoms with Gasteiger partial charge in [0.05, 0.1) is 0 Å². The van der Waals surface area contributed by atoms with Crippen LogP contribution in [0.1, 0.15) is 0 Å². The molecule has 8 heavy (non-hydrogen) atoms. The van der Waals surface area contributed by atoms with Gasteiger partial charge in [0.25, 0.3) is 0 Å². The van der Waals surface area contributed by atoms with E-state index in [-0.39, 0.29) is 0 Å². The van der Waals surface area contributed by atoms with Gasteiger partial charge in [-0.25, -0.2) is 0 Å². The fraction of sp³-hybridized carbons (Fsp3) is 0.333. The van der Waals surface area contributed by atoms with E-state index < -0.39 is 0 Å². The summed E-state index contributed by atoms with van der Waals surface area (Å²) in [7, 11) is 0.488. The highest BCUT2D eigenvalue weighted by Gasteiger charge is 2.13. The first-order valence-electron chi connectivity index (χ1n) is 2.49. The van der Waals surface area contributed by atoms with E-state index in [1.54, 1.807) is 0 Å². The SMILES string of the molecule is C=C[S+]1CC=CSC1. The van der Waals surface area contributed by atoms with Gasteiger partial charge in [0, 0.05) is 10.9 Å². The molecule has 44 valence electrons. The first kappa shape index (κ1) is 6.30. The largest absolute Gasteiger partial charge is 0.162 e. The zero-order valence-electron chi connectivity index (χ0n) is 4.67. The Labute approximate surface area is 57.4 Å². The molecule has 0 aromatic heterocycles. The topological polar surface area (TPSA) is 0 Å². The molecule has 0 saturated heterocycles. The van der Waals surface area contributed by atoms with Crippen molar-refractivity contribution in [2.75, 3.05) is 10.8 Å². The fourth-order valence-corrected chi connectivity index (χ4v) is 3.14. The van der Waals surface area contributed by atoms with Crippen LogP contribution >= 0.6 is 11.8 Å². The molecule has 0 aliphatic carbocycles. The van der Waals surface area contributed by atoms with Gasteiger partial charge < -0.3 is 0 Å². The summed E-state index contributed by atoms with van der Waals surface area (Å²) in [6, 6.07) is 0. The lowest BCUT2D eigenvalue weighted by Gasteiger charge is -2.01. The zero-order valence-corrected chi connectivity index (χ0v) is 6.30. The molecule has 1 atom stereocenters. The minimum Gasteiger partial charge on any atom is -0.0802 e. The van der Waals surface area contributed by atoms with E-state index in [1.165, 1.54) is 10.8 Å². The third-order valence-corrected chi connectivity index (χ3v) is 4.19. The first-order chi connectivity index (χ1) is 3.93. The highest BCUT2D eigenvalue weighted by Crippen LogP contribution is 2.16. The number of rotatable bonds is 1. The third kappa shape index (κ3) is 1.60. The Bertz CT molecular complexity index is 107. The maximum atomic E-state index is 3.75. The van der Waals surface area contributed by atoms with E-state index >= 15 is 0 Å². The molecule has 0 aromatic carbocycles. The molecule has 0 saturated carbocycles. The van der Waals surface area contributed by atoms with Gasteiger partial charge in [-0.05, 0) is 11.5 Å². The Hall–Kier alpha value is 0.180. The van der Waals surface area contributed by atoms with Crippen molar-refractivity contribution in [1.82, 2.24) is 0 Å². The first-order valence-corrected chi connectivity index (χ1v) is 5.16. The molecule has 0 N–H and O–H groups in total. The summed E-state index contributed by atoms with van der Waals surface area (Å²) in [4.78, 5) is 0. The standard InChI is InChI=1S/C6H9S2/c1-2-8-5-3-4-7-6-8/h2-4H,1,5-6H2/q+1. The summed E-state index contributed by atoms with van der Waals surface area (Å²) < 4.78 is 0. The third-order valence-electron chi connectivity index (χ3n) is 0.958. The molecule has 0 bridgehead atoms. The average Bonchev–Trinajstić information content (AvgIpc) is 1.90. The lowest BCUT2D eigenvalue weighted by Crippen LogP contribution is -2.05. The molecule has 0 spiro atoms. The average molecular weight is 145 g/mol. The van der Waals surface area contributed by atoms with Crippen molar-refractivity contribution in [2.45, 2.75) is 0 Å². The van der Waals surface area contributed by atoms with E-state index in [2.05, 4.69) is 23.5 Å². The second kappa shape index (κ2) is 3.25. The van der Waals surface area contributed by atoms with Crippen molar-refractivity contribution in [3.05, 3.63) is 23.5 Å². The van der Waals surface area contributed by atoms with Gasteiger partial charge in [0.1, 0.15) is 11.2 Å². The predicted molar refractivity (Wildman–Crippen MR) is 44.0 cm³/mol. The molecular weight excluding hydrogens is 136 g/mol. The van der Waals surface area contributed by atoms with E-state index in [0.29, 0.717) is 10.9 Å². The van der Waals surface area contributed by atoms with Gasteiger partial charge in [-0.1, -0.05) is 18.3 Å². The van der Waals surface area contributed by atoms with E-state index in [4.69, 9.17) is 0 Å². The van der Waals surface area contributed by atoms with Gasteiger partial charge in [-0.3, -0.25) is 0 Å². The Morgan fingerprint density at radius 2 is 2.62 bits per heavy atom. The molecule has 1 heterocycles. The predicted octanol–water partition coefficient (Wildman–Crippen LogP) is 1.97. The van der Waals surface area contributed by atoms with Crippen LogP contribution in [0.25, 0.3) is 0 Å². The number of hydrogen-bond acceptors (Lipinski definition) is 1. The highest BCUT2D eigenvalue weighted by atomic mass is 32.2. The second-order valence-corrected chi connectivity index (χ2v) is 4.82. The lowest BCUT2D eigenvalue weighted by atomic mass is 10.8. The fourth-order valence-electron chi connectivity index (χ4n) is 0.522. The van der Waals surface area contributed by atoms with Crippen LogP contribution < -0.4 is 0 Å². The van der Waals surface area contributed by atoms with Crippen molar-refractivity contribution in [1.29, 1.82) is 0 Å². The molecule has 0 radical (unpaired) electrons. The van der Waals surface area contributed by atoms with Crippen LogP contribution in [0.5, 0.6) is 0 Å². The molecule has 0 nitrogen and oxygen atoms in total. The highest BCUT2D eigenvalue weighted by molar-refractivity contribution is 8.17. The minimum absolute atomic E-state index is 0.488. The summed E-state index contributed by atoms with van der Waals surface area (Å²) in [5.74, 6) is 1.22. The Kier molecular flexibility index (Phi) is 2.56. The zero-order chi connectivity index (χ0) is 5.82. The molecule has 1 unspecified atom stereocenters. The van der Waals surface area contributed by atoms with Crippen LogP contribution in [0, 0.1) is 0 Å². The summed E-state index contributed by atoms with van der Waals surface area (Å²) in [5, 5.41) is 5.49. The Balaban J connectivity index is 2.37. The van der Waals surface area contributed by atoms with E-state index in [1.807, 2.05) is 11.8 Å². The molecule has 2 heteroatoms. The molecule has 1 rings (SSSR count). The van der Waals surface area contributed by atoms with Crippen LogP contribution in [0.4, 0.5) is 0 Å². The molecule has 0 aromatic rings. The van der Waals surface area contributed by atoms with Gasteiger partial charge in [0.2, 0.25) is 0 Å². The summed E-state index contributed by atoms with van der Waals surface area (Å²) in [6.07, 6.45) is 2.22. The quantitative estimate of drug-likeness (QED) is 0.508. The van der Waals surface area contributed by atoms with Crippen LogP contribution in [0.2, 0.25) is 0 Å². The molecule has 1 aliphatic rings. The summed E-state index contributed by atoms with van der Waals surface area (Å²) >= 11 is 1.89. The van der Waals surface area contributed by atoms with Crippen LogP contribution in [0.15, 0.2) is 23.5 Å². The molecule has 0 amide bonds. The second-order valence-electron chi connectivity index (χ2n) is 1.53. The van der Waals surface area contributed by atoms with Crippen LogP contribution in [-0.4, -0.2) is 10.8 Å². The van der Waals surface area contributed by atoms with Crippen molar-refractivity contribution >= 4 is 22.7 Å². The van der Waals surface area contributed by atoms with Gasteiger partial charge in [-0.15, -0.1) is 0 Å². The lowest BCUT2D eigenvalue weighted by molar-refractivity contribution is 1.75. The normalized spacial score (nSPS) is 27.8. The summed E-state index contributed by atoms with van der Waals surface area (Å²) in [6.45, 7) is 3.75. The van der Waals surface area contributed by atoms with Crippen LogP contribution in [0.3, 0.4) is 0 Å². The van der Waals surface area contributed by atoms with Crippen molar-refractivity contribution < 1.29 is 0 Å². The van der Waals surface area contributed by atoms with Crippen molar-refractivity contribution in [3.8, 4) is 0 Å². The molecule has 0 fully saturated rings. The maximum absolute atomic E-state index is 3.75. The number of hydrogen-bond donors (Lipinski definition) is 0. The Morgan fingerprint density at radius 3 is 3.00 bits per heavy atom. The van der Waals surface area contributed by atoms with Gasteiger partial charge in [0.15, 0.2) is 5.08 Å². The Morgan fingerprint density at radius 1 is 1.75 bits per heavy atom. The van der Waals surface area contributed by atoms with Crippen molar-refractivity contribution in [3.63, 3.8) is 0 Å². The van der Waals surface area contributed by atoms with Gasteiger partial charge in [-0.2, -0.15) is 0 Å². The maximum Gasteiger partial charge on any atom is 0.162 e. The monoisotopic (exact) mass is 145 g/mol. The molecular formula is C6H9S2+. The van der Waals surface area contributed by atoms with E-state index in [9.17, 15) is 0 Å². The number of thioether (sulfide) groups is 1.